The Morgan fingerprint density at radius 1 is 1.25 bits per heavy atom. The summed E-state index contributed by atoms with van der Waals surface area (Å²) in [7, 11) is 0. The molecule has 0 radical (unpaired) electrons. The van der Waals surface area contributed by atoms with Gasteiger partial charge in [0.15, 0.2) is 10.8 Å². The van der Waals surface area contributed by atoms with E-state index in [2.05, 4.69) is 28.8 Å². The highest BCUT2D eigenvalue weighted by Crippen LogP contribution is 2.27. The molecule has 0 aliphatic rings. The molecule has 16 heavy (non-hydrogen) atoms. The number of rotatable bonds is 2. The van der Waals surface area contributed by atoms with Crippen molar-refractivity contribution in [2.24, 2.45) is 0 Å². The Kier molecular flexibility index (Phi) is 3.42. The first-order chi connectivity index (χ1) is 7.56. The first kappa shape index (κ1) is 11.8. The van der Waals surface area contributed by atoms with Gasteiger partial charge in [-0.3, -0.25) is 0 Å². The van der Waals surface area contributed by atoms with Crippen LogP contribution in [0.4, 0.5) is 0 Å². The van der Waals surface area contributed by atoms with Crippen LogP contribution in [0.15, 0.2) is 12.3 Å². The number of aromatic nitrogens is 3. The number of hydrogen-bond donors (Lipinski definition) is 0. The fourth-order valence-corrected chi connectivity index (χ4v) is 2.22. The highest BCUT2D eigenvalue weighted by atomic mass is 35.5. The predicted molar refractivity (Wildman–Crippen MR) is 67.2 cm³/mol. The first-order valence-electron chi connectivity index (χ1n) is 4.72. The summed E-state index contributed by atoms with van der Waals surface area (Å²) in [6.07, 6.45) is 1.58. The molecule has 0 saturated carbocycles. The molecule has 2 aromatic heterocycles. The van der Waals surface area contributed by atoms with Crippen LogP contribution >= 0.6 is 34.5 Å². The molecule has 0 saturated heterocycles. The monoisotopic (exact) mass is 273 g/mol. The average Bonchev–Trinajstić information content (AvgIpc) is 2.64. The van der Waals surface area contributed by atoms with E-state index in [9.17, 15) is 0 Å². The van der Waals surface area contributed by atoms with Gasteiger partial charge in [0, 0.05) is 5.69 Å². The SMILES string of the molecule is CC(C)c1cc(Cl)nc(-c2ncc(Cl)s2)n1. The topological polar surface area (TPSA) is 38.7 Å². The molecule has 0 spiro atoms. The van der Waals surface area contributed by atoms with E-state index in [0.717, 1.165) is 5.69 Å². The third-order valence-corrected chi connectivity index (χ3v) is 3.28. The van der Waals surface area contributed by atoms with Crippen LogP contribution in [0.5, 0.6) is 0 Å². The zero-order valence-corrected chi connectivity index (χ0v) is 11.1. The largest absolute Gasteiger partial charge is 0.240 e. The van der Waals surface area contributed by atoms with E-state index in [1.165, 1.54) is 11.3 Å². The van der Waals surface area contributed by atoms with Gasteiger partial charge in [-0.05, 0) is 12.0 Å². The molecule has 0 atom stereocenters. The molecule has 0 aliphatic carbocycles. The fraction of sp³-hybridized carbons (Fsp3) is 0.300. The Morgan fingerprint density at radius 3 is 2.56 bits per heavy atom. The predicted octanol–water partition coefficient (Wildman–Crippen LogP) is 4.03. The maximum absolute atomic E-state index is 5.94. The first-order valence-corrected chi connectivity index (χ1v) is 6.29. The van der Waals surface area contributed by atoms with Gasteiger partial charge < -0.3 is 0 Å². The molecular formula is C10H9Cl2N3S. The van der Waals surface area contributed by atoms with Crippen LogP contribution in [-0.2, 0) is 0 Å². The number of halogens is 2. The summed E-state index contributed by atoms with van der Waals surface area (Å²) in [6.45, 7) is 4.11. The zero-order chi connectivity index (χ0) is 11.7. The molecule has 6 heteroatoms. The van der Waals surface area contributed by atoms with Crippen molar-refractivity contribution >= 4 is 34.5 Å². The van der Waals surface area contributed by atoms with Gasteiger partial charge in [-0.2, -0.15) is 0 Å². The average molecular weight is 274 g/mol. The number of hydrogen-bond acceptors (Lipinski definition) is 4. The van der Waals surface area contributed by atoms with Crippen LogP contribution in [-0.4, -0.2) is 15.0 Å². The minimum absolute atomic E-state index is 0.301. The minimum Gasteiger partial charge on any atom is -0.240 e. The maximum atomic E-state index is 5.94. The summed E-state index contributed by atoms with van der Waals surface area (Å²) in [5.41, 5.74) is 0.904. The molecular weight excluding hydrogens is 265 g/mol. The van der Waals surface area contributed by atoms with Crippen molar-refractivity contribution in [1.82, 2.24) is 15.0 Å². The van der Waals surface area contributed by atoms with Gasteiger partial charge in [0.1, 0.15) is 9.49 Å². The fourth-order valence-electron chi connectivity index (χ4n) is 1.18. The van der Waals surface area contributed by atoms with Crippen molar-refractivity contribution in [3.63, 3.8) is 0 Å². The van der Waals surface area contributed by atoms with E-state index in [1.54, 1.807) is 12.3 Å². The quantitative estimate of drug-likeness (QED) is 0.776. The lowest BCUT2D eigenvalue weighted by atomic mass is 10.1. The van der Waals surface area contributed by atoms with Crippen molar-refractivity contribution in [1.29, 1.82) is 0 Å². The van der Waals surface area contributed by atoms with Crippen molar-refractivity contribution < 1.29 is 0 Å². The van der Waals surface area contributed by atoms with Crippen molar-refractivity contribution in [2.75, 3.05) is 0 Å². The van der Waals surface area contributed by atoms with Gasteiger partial charge in [-0.1, -0.05) is 48.4 Å². The van der Waals surface area contributed by atoms with Crippen LogP contribution in [0.1, 0.15) is 25.5 Å². The number of nitrogens with zero attached hydrogens (tertiary/aromatic N) is 3. The van der Waals surface area contributed by atoms with Gasteiger partial charge in [0.2, 0.25) is 0 Å². The minimum atomic E-state index is 0.301. The van der Waals surface area contributed by atoms with Gasteiger partial charge >= 0.3 is 0 Å². The molecule has 0 amide bonds. The lowest BCUT2D eigenvalue weighted by molar-refractivity contribution is 0.816. The molecule has 2 aromatic rings. The van der Waals surface area contributed by atoms with E-state index in [0.29, 0.717) is 26.2 Å². The van der Waals surface area contributed by atoms with Gasteiger partial charge in [0.05, 0.1) is 6.20 Å². The Morgan fingerprint density at radius 2 is 2.00 bits per heavy atom. The van der Waals surface area contributed by atoms with Gasteiger partial charge in [-0.25, -0.2) is 15.0 Å². The molecule has 0 bridgehead atoms. The van der Waals surface area contributed by atoms with Crippen LogP contribution in [0.3, 0.4) is 0 Å². The Bertz CT molecular complexity index is 511. The van der Waals surface area contributed by atoms with E-state index >= 15 is 0 Å². The Balaban J connectivity index is 2.49. The molecule has 84 valence electrons. The summed E-state index contributed by atoms with van der Waals surface area (Å²) in [5.74, 6) is 0.836. The normalized spacial score (nSPS) is 11.1. The molecule has 0 aromatic carbocycles. The molecule has 0 unspecified atom stereocenters. The summed E-state index contributed by atoms with van der Waals surface area (Å²) >= 11 is 13.1. The van der Waals surface area contributed by atoms with E-state index in [-0.39, 0.29) is 0 Å². The van der Waals surface area contributed by atoms with Crippen LogP contribution < -0.4 is 0 Å². The molecule has 3 nitrogen and oxygen atoms in total. The zero-order valence-electron chi connectivity index (χ0n) is 8.74. The molecule has 2 rings (SSSR count). The molecule has 0 aliphatic heterocycles. The summed E-state index contributed by atoms with van der Waals surface area (Å²) in [6, 6.07) is 1.77. The van der Waals surface area contributed by atoms with Crippen LogP contribution in [0.25, 0.3) is 10.8 Å². The summed E-state index contributed by atoms with van der Waals surface area (Å²) < 4.78 is 0.615. The highest BCUT2D eigenvalue weighted by molar-refractivity contribution is 7.18. The standard InChI is InChI=1S/C10H9Cl2N3S/c1-5(2)6-3-7(11)15-9(14-6)10-13-4-8(12)16-10/h3-5H,1-2H3. The molecule has 2 heterocycles. The van der Waals surface area contributed by atoms with Crippen molar-refractivity contribution in [3.8, 4) is 10.8 Å². The van der Waals surface area contributed by atoms with Gasteiger partial charge in [0.25, 0.3) is 0 Å². The van der Waals surface area contributed by atoms with E-state index in [1.807, 2.05) is 0 Å². The third kappa shape index (κ3) is 2.51. The Labute approximate surface area is 107 Å². The van der Waals surface area contributed by atoms with E-state index in [4.69, 9.17) is 23.2 Å². The molecule has 0 N–H and O–H groups in total. The lowest BCUT2D eigenvalue weighted by Gasteiger charge is -2.05. The third-order valence-electron chi connectivity index (χ3n) is 1.97. The lowest BCUT2D eigenvalue weighted by Crippen LogP contribution is -1.97. The van der Waals surface area contributed by atoms with Crippen molar-refractivity contribution in [3.05, 3.63) is 27.4 Å². The van der Waals surface area contributed by atoms with Gasteiger partial charge in [-0.15, -0.1) is 0 Å². The second-order valence-corrected chi connectivity index (χ2v) is 5.61. The second-order valence-electron chi connectivity index (χ2n) is 3.56. The highest BCUT2D eigenvalue weighted by Gasteiger charge is 2.11. The van der Waals surface area contributed by atoms with E-state index < -0.39 is 0 Å². The van der Waals surface area contributed by atoms with Crippen LogP contribution in [0, 0.1) is 0 Å². The summed E-state index contributed by atoms with van der Waals surface area (Å²) in [5, 5.41) is 1.12. The molecule has 0 fully saturated rings. The number of thiazole rings is 1. The smallest absolute Gasteiger partial charge is 0.190 e. The van der Waals surface area contributed by atoms with Crippen LogP contribution in [0.2, 0.25) is 9.49 Å². The second kappa shape index (κ2) is 4.65. The maximum Gasteiger partial charge on any atom is 0.190 e. The summed E-state index contributed by atoms with van der Waals surface area (Å²) in [4.78, 5) is 12.7. The van der Waals surface area contributed by atoms with Crippen molar-refractivity contribution in [2.45, 2.75) is 19.8 Å². The Hall–Kier alpha value is -0.710.